The highest BCUT2D eigenvalue weighted by Gasteiger charge is 2.14. The van der Waals surface area contributed by atoms with Crippen molar-refractivity contribution in [3.8, 4) is 11.1 Å². The van der Waals surface area contributed by atoms with E-state index in [0.717, 1.165) is 26.4 Å². The van der Waals surface area contributed by atoms with E-state index in [1.165, 1.54) is 52.0 Å². The molecule has 0 N–H and O–H groups in total. The molecule has 5 nitrogen and oxygen atoms in total. The molecule has 0 unspecified atom stereocenters. The van der Waals surface area contributed by atoms with Crippen molar-refractivity contribution in [1.29, 1.82) is 0 Å². The lowest BCUT2D eigenvalue weighted by molar-refractivity contribution is 0.628. The van der Waals surface area contributed by atoms with Gasteiger partial charge in [-0.25, -0.2) is 19.3 Å². The van der Waals surface area contributed by atoms with Crippen molar-refractivity contribution in [2.75, 3.05) is 0 Å². The SMILES string of the molecule is O=c1cc(CSc2ncnc3scc(-c4ccc(F)cc4)c23)nc2ccc(Cl)cn12. The maximum Gasteiger partial charge on any atom is 0.258 e. The molecule has 0 fully saturated rings. The Morgan fingerprint density at radius 1 is 1.13 bits per heavy atom. The fourth-order valence-corrected chi connectivity index (χ4v) is 5.19. The van der Waals surface area contributed by atoms with Crippen LogP contribution in [0.5, 0.6) is 0 Å². The zero-order valence-electron chi connectivity index (χ0n) is 15.3. The first kappa shape index (κ1) is 19.2. The van der Waals surface area contributed by atoms with Crippen molar-refractivity contribution >= 4 is 50.6 Å². The molecular formula is C21H12ClFN4OS2. The van der Waals surface area contributed by atoms with Crippen molar-refractivity contribution in [2.24, 2.45) is 0 Å². The molecule has 4 heterocycles. The predicted molar refractivity (Wildman–Crippen MR) is 119 cm³/mol. The number of nitrogens with zero attached hydrogens (tertiary/aromatic N) is 4. The number of halogens is 2. The fourth-order valence-electron chi connectivity index (χ4n) is 3.14. The number of hydrogen-bond acceptors (Lipinski definition) is 6. The van der Waals surface area contributed by atoms with E-state index in [1.807, 2.05) is 5.38 Å². The van der Waals surface area contributed by atoms with Crippen LogP contribution in [0.25, 0.3) is 27.0 Å². The third kappa shape index (κ3) is 3.58. The van der Waals surface area contributed by atoms with Crippen molar-refractivity contribution in [1.82, 2.24) is 19.4 Å². The molecule has 0 spiro atoms. The third-order valence-corrected chi connectivity index (χ3v) is 6.66. The minimum Gasteiger partial charge on any atom is -0.269 e. The van der Waals surface area contributed by atoms with Crippen LogP contribution in [0.15, 0.2) is 70.2 Å². The normalized spacial score (nSPS) is 11.4. The van der Waals surface area contributed by atoms with Gasteiger partial charge in [-0.15, -0.1) is 11.3 Å². The molecule has 0 radical (unpaired) electrons. The van der Waals surface area contributed by atoms with E-state index in [4.69, 9.17) is 11.6 Å². The summed E-state index contributed by atoms with van der Waals surface area (Å²) >= 11 is 8.96. The Hall–Kier alpha value is -2.81. The average Bonchev–Trinajstić information content (AvgIpc) is 3.18. The molecule has 4 aromatic heterocycles. The topological polar surface area (TPSA) is 60.2 Å². The van der Waals surface area contributed by atoms with Crippen LogP contribution in [0, 0.1) is 5.82 Å². The molecule has 0 aliphatic rings. The smallest absolute Gasteiger partial charge is 0.258 e. The van der Waals surface area contributed by atoms with Crippen molar-refractivity contribution < 1.29 is 4.39 Å². The molecule has 30 heavy (non-hydrogen) atoms. The van der Waals surface area contributed by atoms with Gasteiger partial charge in [0, 0.05) is 29.0 Å². The molecule has 0 aliphatic heterocycles. The van der Waals surface area contributed by atoms with Crippen molar-refractivity contribution in [3.05, 3.63) is 87.3 Å². The summed E-state index contributed by atoms with van der Waals surface area (Å²) in [6.45, 7) is 0. The number of thiophene rings is 1. The Morgan fingerprint density at radius 3 is 2.80 bits per heavy atom. The molecule has 5 rings (SSSR count). The van der Waals surface area contributed by atoms with Gasteiger partial charge in [0.15, 0.2) is 0 Å². The van der Waals surface area contributed by atoms with E-state index in [-0.39, 0.29) is 11.4 Å². The summed E-state index contributed by atoms with van der Waals surface area (Å²) in [4.78, 5) is 26.6. The summed E-state index contributed by atoms with van der Waals surface area (Å²) in [5, 5.41) is 4.19. The van der Waals surface area contributed by atoms with E-state index in [1.54, 1.807) is 30.5 Å². The molecule has 1 aromatic carbocycles. The van der Waals surface area contributed by atoms with Crippen LogP contribution in [-0.2, 0) is 5.75 Å². The largest absolute Gasteiger partial charge is 0.269 e. The molecule has 0 aliphatic carbocycles. The second-order valence-corrected chi connectivity index (χ2v) is 8.72. The van der Waals surface area contributed by atoms with Crippen molar-refractivity contribution in [2.45, 2.75) is 10.8 Å². The van der Waals surface area contributed by atoms with Crippen LogP contribution < -0.4 is 5.56 Å². The molecule has 148 valence electrons. The van der Waals surface area contributed by atoms with E-state index < -0.39 is 0 Å². The standard InChI is InChI=1S/C21H12ClFN4OS2/c22-13-3-6-17-26-15(7-18(28)27(17)8-13)9-29-20-19-16(10-30-21(19)25-11-24-20)12-1-4-14(23)5-2-12/h1-8,10-11H,9H2. The highest BCUT2D eigenvalue weighted by molar-refractivity contribution is 7.98. The molecule has 0 atom stereocenters. The van der Waals surface area contributed by atoms with Crippen LogP contribution in [0.4, 0.5) is 4.39 Å². The molecule has 5 aromatic rings. The van der Waals surface area contributed by atoms with Crippen LogP contribution in [-0.4, -0.2) is 19.4 Å². The van der Waals surface area contributed by atoms with Gasteiger partial charge in [0.05, 0.1) is 16.1 Å². The number of thioether (sulfide) groups is 1. The van der Waals surface area contributed by atoms with Gasteiger partial charge in [0.2, 0.25) is 0 Å². The number of rotatable bonds is 4. The first-order valence-electron chi connectivity index (χ1n) is 8.87. The lowest BCUT2D eigenvalue weighted by Gasteiger charge is -2.07. The first-order chi connectivity index (χ1) is 14.6. The maximum atomic E-state index is 13.3. The second-order valence-electron chi connectivity index (χ2n) is 6.47. The monoisotopic (exact) mass is 454 g/mol. The summed E-state index contributed by atoms with van der Waals surface area (Å²) in [5.41, 5.74) is 2.86. The summed E-state index contributed by atoms with van der Waals surface area (Å²) < 4.78 is 14.7. The van der Waals surface area contributed by atoms with Gasteiger partial charge in [-0.1, -0.05) is 35.5 Å². The van der Waals surface area contributed by atoms with Gasteiger partial charge in [-0.3, -0.25) is 9.20 Å². The lowest BCUT2D eigenvalue weighted by atomic mass is 10.1. The van der Waals surface area contributed by atoms with Gasteiger partial charge in [-0.2, -0.15) is 0 Å². The molecule has 0 saturated heterocycles. The third-order valence-electron chi connectivity index (χ3n) is 4.52. The number of benzene rings is 1. The minimum atomic E-state index is -0.279. The number of hydrogen-bond donors (Lipinski definition) is 0. The molecular weight excluding hydrogens is 443 g/mol. The van der Waals surface area contributed by atoms with Crippen molar-refractivity contribution in [3.63, 3.8) is 0 Å². The Bertz CT molecular complexity index is 1450. The van der Waals surface area contributed by atoms with Gasteiger partial charge in [-0.05, 0) is 29.8 Å². The Balaban J connectivity index is 1.51. The Labute approximate surface area is 183 Å². The molecule has 0 saturated carbocycles. The highest BCUT2D eigenvalue weighted by Crippen LogP contribution is 2.38. The van der Waals surface area contributed by atoms with Crippen LogP contribution in [0.1, 0.15) is 5.69 Å². The zero-order valence-corrected chi connectivity index (χ0v) is 17.6. The molecule has 0 bridgehead atoms. The molecule has 0 amide bonds. The van der Waals surface area contributed by atoms with Gasteiger partial charge < -0.3 is 0 Å². The lowest BCUT2D eigenvalue weighted by Crippen LogP contribution is -2.15. The average molecular weight is 455 g/mol. The Morgan fingerprint density at radius 2 is 1.97 bits per heavy atom. The molecule has 9 heteroatoms. The van der Waals surface area contributed by atoms with Crippen LogP contribution >= 0.6 is 34.7 Å². The maximum absolute atomic E-state index is 13.3. The van der Waals surface area contributed by atoms with Crippen LogP contribution in [0.2, 0.25) is 5.02 Å². The Kier molecular flexibility index (Phi) is 4.98. The number of aromatic nitrogens is 4. The first-order valence-corrected chi connectivity index (χ1v) is 11.1. The van der Waals surface area contributed by atoms with Crippen LogP contribution in [0.3, 0.4) is 0 Å². The second kappa shape index (κ2) is 7.79. The summed E-state index contributed by atoms with van der Waals surface area (Å²) in [6.07, 6.45) is 3.08. The predicted octanol–water partition coefficient (Wildman–Crippen LogP) is 5.45. The van der Waals surface area contributed by atoms with Gasteiger partial charge in [0.1, 0.15) is 27.6 Å². The highest BCUT2D eigenvalue weighted by atomic mass is 35.5. The van der Waals surface area contributed by atoms with Gasteiger partial charge in [0.25, 0.3) is 5.56 Å². The minimum absolute atomic E-state index is 0.187. The van der Waals surface area contributed by atoms with E-state index in [2.05, 4.69) is 15.0 Å². The van der Waals surface area contributed by atoms with Gasteiger partial charge >= 0.3 is 0 Å². The fraction of sp³-hybridized carbons (Fsp3) is 0.0476. The summed E-state index contributed by atoms with van der Waals surface area (Å²) in [7, 11) is 0. The zero-order chi connectivity index (χ0) is 20.7. The number of fused-ring (bicyclic) bond motifs is 2. The van der Waals surface area contributed by atoms with E-state index >= 15 is 0 Å². The van der Waals surface area contributed by atoms with E-state index in [9.17, 15) is 9.18 Å². The quantitative estimate of drug-likeness (QED) is 0.267. The summed E-state index contributed by atoms with van der Waals surface area (Å²) in [5.74, 6) is 0.193. The summed E-state index contributed by atoms with van der Waals surface area (Å²) in [6, 6.07) is 11.3. The van der Waals surface area contributed by atoms with E-state index in [0.29, 0.717) is 22.1 Å². The number of pyridine rings is 1.